The molecule has 1 heterocycles. The van der Waals surface area contributed by atoms with Gasteiger partial charge in [0.1, 0.15) is 5.75 Å². The summed E-state index contributed by atoms with van der Waals surface area (Å²) in [6.45, 7) is 11.9. The average Bonchev–Trinajstić information content (AvgIpc) is 2.77. The molecule has 1 N–H and O–H groups in total. The van der Waals surface area contributed by atoms with Gasteiger partial charge in [-0.15, -0.1) is 0 Å². The summed E-state index contributed by atoms with van der Waals surface area (Å²) in [4.78, 5) is 19.2. The molecule has 6 heteroatoms. The van der Waals surface area contributed by atoms with E-state index in [0.29, 0.717) is 31.1 Å². The molecule has 2 amide bonds. The molecule has 1 aliphatic heterocycles. The van der Waals surface area contributed by atoms with Gasteiger partial charge in [-0.3, -0.25) is 0 Å². The van der Waals surface area contributed by atoms with E-state index in [9.17, 15) is 4.79 Å². The van der Waals surface area contributed by atoms with Crippen LogP contribution in [0.3, 0.4) is 0 Å². The van der Waals surface area contributed by atoms with Crippen molar-refractivity contribution in [3.8, 4) is 5.75 Å². The van der Waals surface area contributed by atoms with E-state index in [4.69, 9.17) is 4.74 Å². The summed E-state index contributed by atoms with van der Waals surface area (Å²) in [5.41, 5.74) is 3.18. The second-order valence-corrected chi connectivity index (χ2v) is 7.02. The lowest BCUT2D eigenvalue weighted by atomic mass is 10.2. The third-order valence-corrected chi connectivity index (χ3v) is 5.34. The number of hydrogen-bond donors (Lipinski definition) is 1. The Labute approximate surface area is 174 Å². The van der Waals surface area contributed by atoms with Crippen molar-refractivity contribution in [2.75, 3.05) is 61.0 Å². The van der Waals surface area contributed by atoms with Crippen LogP contribution in [0.15, 0.2) is 48.5 Å². The van der Waals surface area contributed by atoms with Gasteiger partial charge in [0, 0.05) is 50.6 Å². The topological polar surface area (TPSA) is 48.1 Å². The highest BCUT2D eigenvalue weighted by molar-refractivity contribution is 5.91. The fourth-order valence-electron chi connectivity index (χ4n) is 3.68. The number of anilines is 3. The predicted molar refractivity (Wildman–Crippen MR) is 120 cm³/mol. The zero-order chi connectivity index (χ0) is 20.6. The maximum atomic E-state index is 12.7. The van der Waals surface area contributed by atoms with Gasteiger partial charge < -0.3 is 24.8 Å². The quantitative estimate of drug-likeness (QED) is 0.759. The first-order valence-corrected chi connectivity index (χ1v) is 10.5. The number of nitrogens with one attached hydrogen (secondary N) is 1. The monoisotopic (exact) mass is 396 g/mol. The first kappa shape index (κ1) is 20.8. The summed E-state index contributed by atoms with van der Waals surface area (Å²) in [5.74, 6) is 0.704. The second kappa shape index (κ2) is 10.0. The van der Waals surface area contributed by atoms with Crippen molar-refractivity contribution in [1.29, 1.82) is 0 Å². The Bertz CT molecular complexity index is 782. The van der Waals surface area contributed by atoms with Crippen molar-refractivity contribution < 1.29 is 9.53 Å². The molecular formula is C23H32N4O2. The minimum atomic E-state index is -0.0753. The molecule has 0 aliphatic carbocycles. The Kier molecular flexibility index (Phi) is 7.22. The molecule has 3 rings (SSSR count). The molecule has 0 radical (unpaired) electrons. The van der Waals surface area contributed by atoms with Crippen LogP contribution in [-0.2, 0) is 0 Å². The molecule has 1 fully saturated rings. The van der Waals surface area contributed by atoms with Gasteiger partial charge in [-0.05, 0) is 57.2 Å². The van der Waals surface area contributed by atoms with Crippen molar-refractivity contribution in [3.63, 3.8) is 0 Å². The zero-order valence-electron chi connectivity index (χ0n) is 17.7. The number of ether oxygens (including phenoxy) is 1. The van der Waals surface area contributed by atoms with Crippen molar-refractivity contribution in [2.24, 2.45) is 0 Å². The number of amides is 2. The third kappa shape index (κ3) is 5.13. The number of carbonyl (C=O) groups excluding carboxylic acids is 1. The number of rotatable bonds is 7. The molecule has 29 heavy (non-hydrogen) atoms. The summed E-state index contributed by atoms with van der Waals surface area (Å²) >= 11 is 0. The molecule has 0 bridgehead atoms. The van der Waals surface area contributed by atoms with Gasteiger partial charge in [0.15, 0.2) is 0 Å². The predicted octanol–water partition coefficient (Wildman–Crippen LogP) is 4.29. The molecule has 0 saturated carbocycles. The minimum absolute atomic E-state index is 0.0753. The minimum Gasteiger partial charge on any atom is -0.492 e. The Morgan fingerprint density at radius 1 is 0.966 bits per heavy atom. The molecule has 1 saturated heterocycles. The number of hydrogen-bond acceptors (Lipinski definition) is 4. The fraction of sp³-hybridized carbons (Fsp3) is 0.435. The van der Waals surface area contributed by atoms with Gasteiger partial charge in [-0.25, -0.2) is 4.79 Å². The molecular weight excluding hydrogens is 364 g/mol. The van der Waals surface area contributed by atoms with Crippen LogP contribution in [0, 0.1) is 0 Å². The Morgan fingerprint density at radius 2 is 1.62 bits per heavy atom. The molecule has 0 spiro atoms. The first-order chi connectivity index (χ1) is 14.2. The van der Waals surface area contributed by atoms with Gasteiger partial charge >= 0.3 is 6.03 Å². The van der Waals surface area contributed by atoms with Gasteiger partial charge in [0.05, 0.1) is 12.3 Å². The molecule has 0 unspecified atom stereocenters. The number of piperazine rings is 1. The summed E-state index contributed by atoms with van der Waals surface area (Å²) in [7, 11) is 0. The molecule has 156 valence electrons. The highest BCUT2D eigenvalue weighted by Gasteiger charge is 2.22. The highest BCUT2D eigenvalue weighted by atomic mass is 16.5. The summed E-state index contributed by atoms with van der Waals surface area (Å²) < 4.78 is 5.60. The number of para-hydroxylation sites is 2. The van der Waals surface area contributed by atoms with E-state index in [1.165, 1.54) is 11.4 Å². The van der Waals surface area contributed by atoms with E-state index < -0.39 is 0 Å². The lowest BCUT2D eigenvalue weighted by Gasteiger charge is -2.36. The molecule has 0 atom stereocenters. The second-order valence-electron chi connectivity index (χ2n) is 7.02. The number of carbonyl (C=O) groups is 1. The van der Waals surface area contributed by atoms with Crippen molar-refractivity contribution in [2.45, 2.75) is 20.8 Å². The van der Waals surface area contributed by atoms with Gasteiger partial charge in [-0.2, -0.15) is 0 Å². The SMILES string of the molecule is CCOc1ccccc1NC(=O)N1CCN(c2ccc(N(CC)CC)cc2)CC1. The molecule has 1 aliphatic rings. The highest BCUT2D eigenvalue weighted by Crippen LogP contribution is 2.25. The lowest BCUT2D eigenvalue weighted by molar-refractivity contribution is 0.208. The average molecular weight is 397 g/mol. The summed E-state index contributed by atoms with van der Waals surface area (Å²) in [5, 5.41) is 2.99. The van der Waals surface area contributed by atoms with Crippen LogP contribution in [0.5, 0.6) is 5.75 Å². The van der Waals surface area contributed by atoms with Crippen molar-refractivity contribution in [1.82, 2.24) is 4.90 Å². The number of urea groups is 1. The van der Waals surface area contributed by atoms with Gasteiger partial charge in [-0.1, -0.05) is 12.1 Å². The standard InChI is InChI=1S/C23H32N4O2/c1-4-25(5-2)19-11-13-20(14-12-19)26-15-17-27(18-16-26)23(28)24-21-9-7-8-10-22(21)29-6-3/h7-14H,4-6,15-18H2,1-3H3,(H,24,28). The van der Waals surface area contributed by atoms with Crippen molar-refractivity contribution >= 4 is 23.1 Å². The van der Waals surface area contributed by atoms with E-state index in [1.807, 2.05) is 36.1 Å². The molecule has 0 aromatic heterocycles. The lowest BCUT2D eigenvalue weighted by Crippen LogP contribution is -2.50. The maximum absolute atomic E-state index is 12.7. The maximum Gasteiger partial charge on any atom is 0.322 e. The largest absolute Gasteiger partial charge is 0.492 e. The summed E-state index contributed by atoms with van der Waals surface area (Å²) in [6, 6.07) is 16.2. The van der Waals surface area contributed by atoms with Crippen LogP contribution in [0.1, 0.15) is 20.8 Å². The normalized spacial score (nSPS) is 13.9. The van der Waals surface area contributed by atoms with Crippen molar-refractivity contribution in [3.05, 3.63) is 48.5 Å². The van der Waals surface area contributed by atoms with Crippen LogP contribution >= 0.6 is 0 Å². The Balaban J connectivity index is 1.56. The van der Waals surface area contributed by atoms with E-state index in [1.54, 1.807) is 0 Å². The fourth-order valence-corrected chi connectivity index (χ4v) is 3.68. The van der Waals surface area contributed by atoms with Crippen LogP contribution in [0.4, 0.5) is 21.9 Å². The molecule has 2 aromatic carbocycles. The number of nitrogens with zero attached hydrogens (tertiary/aromatic N) is 3. The Hall–Kier alpha value is -2.89. The van der Waals surface area contributed by atoms with E-state index in [0.717, 1.165) is 26.2 Å². The van der Waals surface area contributed by atoms with Crippen LogP contribution in [0.2, 0.25) is 0 Å². The van der Waals surface area contributed by atoms with Gasteiger partial charge in [0.2, 0.25) is 0 Å². The molecule has 2 aromatic rings. The van der Waals surface area contributed by atoms with E-state index in [-0.39, 0.29) is 6.03 Å². The van der Waals surface area contributed by atoms with E-state index in [2.05, 4.69) is 53.2 Å². The van der Waals surface area contributed by atoms with Crippen LogP contribution in [0.25, 0.3) is 0 Å². The third-order valence-electron chi connectivity index (χ3n) is 5.34. The number of benzene rings is 2. The van der Waals surface area contributed by atoms with Gasteiger partial charge in [0.25, 0.3) is 0 Å². The summed E-state index contributed by atoms with van der Waals surface area (Å²) in [6.07, 6.45) is 0. The first-order valence-electron chi connectivity index (χ1n) is 10.5. The van der Waals surface area contributed by atoms with Crippen LogP contribution in [-0.4, -0.2) is 56.8 Å². The smallest absolute Gasteiger partial charge is 0.322 e. The van der Waals surface area contributed by atoms with Crippen LogP contribution < -0.4 is 19.9 Å². The Morgan fingerprint density at radius 3 is 2.24 bits per heavy atom. The zero-order valence-corrected chi connectivity index (χ0v) is 17.7. The molecule has 6 nitrogen and oxygen atoms in total. The van der Waals surface area contributed by atoms with E-state index >= 15 is 0 Å².